The lowest BCUT2D eigenvalue weighted by molar-refractivity contribution is -0.384. The molecule has 1 aromatic carbocycles. The number of benzene rings is 1. The number of aromatic nitrogens is 2. The van der Waals surface area contributed by atoms with Gasteiger partial charge in [-0.05, 0) is 24.3 Å². The van der Waals surface area contributed by atoms with Gasteiger partial charge in [0.1, 0.15) is 0 Å². The molecule has 0 unspecified atom stereocenters. The molecular weight excluding hydrogens is 298 g/mol. The summed E-state index contributed by atoms with van der Waals surface area (Å²) in [4.78, 5) is 30.9. The van der Waals surface area contributed by atoms with Gasteiger partial charge in [-0.2, -0.15) is 0 Å². The molecule has 0 aliphatic rings. The average molecular weight is 309 g/mol. The van der Waals surface area contributed by atoms with Crippen molar-refractivity contribution in [2.45, 2.75) is 0 Å². The van der Waals surface area contributed by atoms with Crippen molar-refractivity contribution in [3.8, 4) is 11.3 Å². The number of nitro benzene ring substituents is 1. The minimum atomic E-state index is -0.565. The van der Waals surface area contributed by atoms with E-state index in [9.17, 15) is 14.9 Å². The number of non-ortho nitro benzene ring substituents is 1. The van der Waals surface area contributed by atoms with Crippen molar-refractivity contribution in [1.29, 1.82) is 0 Å². The number of hydrogen-bond acceptors (Lipinski definition) is 6. The van der Waals surface area contributed by atoms with E-state index in [1.165, 1.54) is 19.2 Å². The highest BCUT2D eigenvalue weighted by atomic mass is 16.6. The van der Waals surface area contributed by atoms with Crippen molar-refractivity contribution >= 4 is 22.6 Å². The van der Waals surface area contributed by atoms with E-state index in [1.807, 2.05) is 0 Å². The summed E-state index contributed by atoms with van der Waals surface area (Å²) in [6.45, 7) is 0. The molecule has 0 aliphatic heterocycles. The van der Waals surface area contributed by atoms with Crippen LogP contribution in [0, 0.1) is 10.1 Å². The SMILES string of the molecule is COC(=O)c1cc2cc([N+](=O)[O-])ccc2nc1-c1cccnc1. The molecule has 3 aromatic rings. The van der Waals surface area contributed by atoms with Gasteiger partial charge in [-0.15, -0.1) is 0 Å². The van der Waals surface area contributed by atoms with Crippen LogP contribution in [-0.4, -0.2) is 28.0 Å². The number of rotatable bonds is 3. The van der Waals surface area contributed by atoms with Crippen LogP contribution < -0.4 is 0 Å². The Balaban J connectivity index is 2.28. The first-order valence-electron chi connectivity index (χ1n) is 6.68. The first kappa shape index (κ1) is 14.6. The van der Waals surface area contributed by atoms with E-state index >= 15 is 0 Å². The van der Waals surface area contributed by atoms with Crippen LogP contribution in [0.4, 0.5) is 5.69 Å². The van der Waals surface area contributed by atoms with Crippen molar-refractivity contribution in [3.05, 3.63) is 64.5 Å². The molecule has 0 bridgehead atoms. The molecular formula is C16H11N3O4. The number of methoxy groups -OCH3 is 1. The van der Waals surface area contributed by atoms with Crippen LogP contribution >= 0.6 is 0 Å². The third-order valence-electron chi connectivity index (χ3n) is 3.35. The zero-order chi connectivity index (χ0) is 16.4. The van der Waals surface area contributed by atoms with Crippen LogP contribution in [0.3, 0.4) is 0 Å². The van der Waals surface area contributed by atoms with Crippen LogP contribution in [-0.2, 0) is 4.74 Å². The highest BCUT2D eigenvalue weighted by molar-refractivity contribution is 6.00. The Morgan fingerprint density at radius 2 is 2.09 bits per heavy atom. The lowest BCUT2D eigenvalue weighted by Crippen LogP contribution is -2.05. The van der Waals surface area contributed by atoms with Gasteiger partial charge in [0, 0.05) is 35.5 Å². The minimum absolute atomic E-state index is 0.0655. The Hall–Kier alpha value is -3.35. The third-order valence-corrected chi connectivity index (χ3v) is 3.35. The smallest absolute Gasteiger partial charge is 0.340 e. The summed E-state index contributed by atoms with van der Waals surface area (Å²) in [5.74, 6) is -0.565. The van der Waals surface area contributed by atoms with Gasteiger partial charge in [0.05, 0.1) is 28.8 Å². The highest BCUT2D eigenvalue weighted by Crippen LogP contribution is 2.27. The molecule has 0 spiro atoms. The second kappa shape index (κ2) is 5.80. The summed E-state index contributed by atoms with van der Waals surface area (Å²) in [6, 6.07) is 9.36. The van der Waals surface area contributed by atoms with Crippen LogP contribution in [0.5, 0.6) is 0 Å². The average Bonchev–Trinajstić information content (AvgIpc) is 2.60. The maximum atomic E-state index is 12.1. The van der Waals surface area contributed by atoms with Crippen molar-refractivity contribution in [3.63, 3.8) is 0 Å². The predicted molar refractivity (Wildman–Crippen MR) is 83.0 cm³/mol. The lowest BCUT2D eigenvalue weighted by atomic mass is 10.0. The predicted octanol–water partition coefficient (Wildman–Crippen LogP) is 2.99. The second-order valence-electron chi connectivity index (χ2n) is 4.75. The van der Waals surface area contributed by atoms with E-state index < -0.39 is 10.9 Å². The molecule has 0 aliphatic carbocycles. The molecule has 7 nitrogen and oxygen atoms in total. The normalized spacial score (nSPS) is 10.5. The minimum Gasteiger partial charge on any atom is -0.465 e. The molecule has 0 N–H and O–H groups in total. The van der Waals surface area contributed by atoms with Gasteiger partial charge in [-0.3, -0.25) is 15.1 Å². The summed E-state index contributed by atoms with van der Waals surface area (Å²) in [5.41, 5.74) is 1.79. The van der Waals surface area contributed by atoms with Gasteiger partial charge >= 0.3 is 5.97 Å². The number of pyridine rings is 2. The van der Waals surface area contributed by atoms with E-state index in [2.05, 4.69) is 9.97 Å². The molecule has 7 heteroatoms. The fourth-order valence-electron chi connectivity index (χ4n) is 2.27. The summed E-state index contributed by atoms with van der Waals surface area (Å²) in [5, 5.41) is 11.4. The van der Waals surface area contributed by atoms with Crippen LogP contribution in [0.15, 0.2) is 48.8 Å². The molecule has 0 amide bonds. The van der Waals surface area contributed by atoms with Gasteiger partial charge in [0.25, 0.3) is 5.69 Å². The molecule has 0 radical (unpaired) electrons. The third kappa shape index (κ3) is 2.71. The van der Waals surface area contributed by atoms with Crippen LogP contribution in [0.25, 0.3) is 22.2 Å². The fraction of sp³-hybridized carbons (Fsp3) is 0.0625. The standard InChI is InChI=1S/C16H11N3O4/c1-23-16(20)13-8-11-7-12(19(21)22)4-5-14(11)18-15(13)10-3-2-6-17-9-10/h2-9H,1H3. The number of carbonyl (C=O) groups is 1. The van der Waals surface area contributed by atoms with Crippen molar-refractivity contribution in [2.24, 2.45) is 0 Å². The van der Waals surface area contributed by atoms with Gasteiger partial charge in [0.2, 0.25) is 0 Å². The molecule has 3 rings (SSSR count). The van der Waals surface area contributed by atoms with Gasteiger partial charge in [0.15, 0.2) is 0 Å². The Kier molecular flexibility index (Phi) is 3.68. The quantitative estimate of drug-likeness (QED) is 0.419. The first-order valence-corrected chi connectivity index (χ1v) is 6.68. The van der Waals surface area contributed by atoms with Gasteiger partial charge in [-0.25, -0.2) is 9.78 Å². The number of ether oxygens (including phenoxy) is 1. The van der Waals surface area contributed by atoms with Crippen LogP contribution in [0.2, 0.25) is 0 Å². The Labute approximate surface area is 130 Å². The maximum Gasteiger partial charge on any atom is 0.340 e. The summed E-state index contributed by atoms with van der Waals surface area (Å²) < 4.78 is 4.79. The monoisotopic (exact) mass is 309 g/mol. The number of nitro groups is 1. The number of fused-ring (bicyclic) bond motifs is 1. The molecule has 2 heterocycles. The van der Waals surface area contributed by atoms with E-state index in [4.69, 9.17) is 4.74 Å². The van der Waals surface area contributed by atoms with Crippen molar-refractivity contribution < 1.29 is 14.5 Å². The highest BCUT2D eigenvalue weighted by Gasteiger charge is 2.18. The fourth-order valence-corrected chi connectivity index (χ4v) is 2.27. The molecule has 2 aromatic heterocycles. The molecule has 0 saturated carbocycles. The van der Waals surface area contributed by atoms with Crippen molar-refractivity contribution in [1.82, 2.24) is 9.97 Å². The summed E-state index contributed by atoms with van der Waals surface area (Å²) in [6.07, 6.45) is 3.21. The van der Waals surface area contributed by atoms with E-state index in [0.717, 1.165) is 0 Å². The molecule has 0 atom stereocenters. The number of nitrogens with zero attached hydrogens (tertiary/aromatic N) is 3. The zero-order valence-corrected chi connectivity index (χ0v) is 12.1. The van der Waals surface area contributed by atoms with E-state index in [1.54, 1.807) is 36.7 Å². The number of carbonyl (C=O) groups excluding carboxylic acids is 1. The molecule has 114 valence electrons. The van der Waals surface area contributed by atoms with E-state index in [0.29, 0.717) is 22.2 Å². The topological polar surface area (TPSA) is 95.2 Å². The van der Waals surface area contributed by atoms with Crippen molar-refractivity contribution in [2.75, 3.05) is 7.11 Å². The first-order chi connectivity index (χ1) is 11.1. The van der Waals surface area contributed by atoms with Gasteiger partial charge in [-0.1, -0.05) is 0 Å². The molecule has 0 saturated heterocycles. The Morgan fingerprint density at radius 1 is 1.26 bits per heavy atom. The largest absolute Gasteiger partial charge is 0.465 e. The Morgan fingerprint density at radius 3 is 2.74 bits per heavy atom. The maximum absolute atomic E-state index is 12.1. The van der Waals surface area contributed by atoms with Gasteiger partial charge < -0.3 is 4.74 Å². The second-order valence-corrected chi connectivity index (χ2v) is 4.75. The molecule has 23 heavy (non-hydrogen) atoms. The Bertz CT molecular complexity index is 910. The lowest BCUT2D eigenvalue weighted by Gasteiger charge is -2.09. The molecule has 0 fully saturated rings. The zero-order valence-electron chi connectivity index (χ0n) is 12.1. The van der Waals surface area contributed by atoms with E-state index in [-0.39, 0.29) is 11.3 Å². The van der Waals surface area contributed by atoms with Crippen LogP contribution in [0.1, 0.15) is 10.4 Å². The summed E-state index contributed by atoms with van der Waals surface area (Å²) >= 11 is 0. The number of hydrogen-bond donors (Lipinski definition) is 0. The number of esters is 1. The summed E-state index contributed by atoms with van der Waals surface area (Å²) in [7, 11) is 1.27.